The predicted octanol–water partition coefficient (Wildman–Crippen LogP) is 4.64. The Labute approximate surface area is 187 Å². The second-order valence-corrected chi connectivity index (χ2v) is 6.97. The smallest absolute Gasteiger partial charge is 0.321 e. The van der Waals surface area contributed by atoms with Gasteiger partial charge in [0.1, 0.15) is 17.1 Å². The maximum Gasteiger partial charge on any atom is 0.321 e. The summed E-state index contributed by atoms with van der Waals surface area (Å²) in [7, 11) is 0. The number of nitrogens with one attached hydrogen (secondary N) is 1. The van der Waals surface area contributed by atoms with Gasteiger partial charge in [0.15, 0.2) is 5.82 Å². The highest BCUT2D eigenvalue weighted by Gasteiger charge is 2.20. The minimum Gasteiger partial charge on any atom is -0.424 e. The molecule has 3 heterocycles. The Balaban J connectivity index is 1.40. The van der Waals surface area contributed by atoms with Crippen LogP contribution in [0.1, 0.15) is 10.4 Å². The van der Waals surface area contributed by atoms with Crippen LogP contribution >= 0.6 is 0 Å². The van der Waals surface area contributed by atoms with Gasteiger partial charge in [0.25, 0.3) is 5.91 Å². The van der Waals surface area contributed by atoms with Crippen LogP contribution in [0.5, 0.6) is 11.8 Å². The summed E-state index contributed by atoms with van der Waals surface area (Å²) in [6.45, 7) is 0. The van der Waals surface area contributed by atoms with Crippen LogP contribution in [-0.4, -0.2) is 30.2 Å². The summed E-state index contributed by atoms with van der Waals surface area (Å²) in [5.41, 5.74) is 1.56. The normalized spacial score (nSPS) is 10.7. The number of aromatic nitrogens is 5. The largest absolute Gasteiger partial charge is 0.424 e. The van der Waals surface area contributed by atoms with Crippen LogP contribution in [0.25, 0.3) is 11.5 Å². The van der Waals surface area contributed by atoms with Crippen LogP contribution in [0.15, 0.2) is 97.7 Å². The second-order valence-electron chi connectivity index (χ2n) is 6.97. The Bertz CT molecular complexity index is 1370. The summed E-state index contributed by atoms with van der Waals surface area (Å²) < 4.78 is 22.3. The lowest BCUT2D eigenvalue weighted by atomic mass is 10.2. The van der Waals surface area contributed by atoms with E-state index in [1.165, 1.54) is 18.3 Å². The van der Waals surface area contributed by atoms with Crippen molar-refractivity contribution in [1.82, 2.24) is 24.3 Å². The first kappa shape index (κ1) is 20.1. The van der Waals surface area contributed by atoms with Gasteiger partial charge in [-0.25, -0.2) is 19.0 Å². The number of rotatable bonds is 6. The van der Waals surface area contributed by atoms with Crippen molar-refractivity contribution in [2.75, 3.05) is 5.32 Å². The molecule has 0 unspecified atom stereocenters. The Morgan fingerprint density at radius 2 is 1.61 bits per heavy atom. The fraction of sp³-hybridized carbons (Fsp3) is 0. The number of ether oxygens (including phenoxy) is 1. The van der Waals surface area contributed by atoms with Crippen molar-refractivity contribution in [1.29, 1.82) is 0 Å². The molecule has 3 aromatic heterocycles. The number of carbonyl (C=O) groups is 1. The Hall–Kier alpha value is -4.79. The third-order valence-electron chi connectivity index (χ3n) is 4.77. The van der Waals surface area contributed by atoms with Gasteiger partial charge in [-0.3, -0.25) is 4.79 Å². The lowest BCUT2D eigenvalue weighted by molar-refractivity contribution is 0.102. The number of anilines is 1. The standard InChI is InChI=1S/C24H17FN6O2/c25-17-4-8-19(9-5-17)31-23(30-14-1-2-15-30)21(16-28-31)22(32)29-18-6-10-20(11-7-18)33-24-26-12-3-13-27-24/h1-16H,(H,29,32). The maximum atomic E-state index is 13.4. The number of hydrogen-bond donors (Lipinski definition) is 1. The van der Waals surface area contributed by atoms with E-state index >= 15 is 0 Å². The monoisotopic (exact) mass is 440 g/mol. The molecule has 5 aromatic rings. The molecule has 33 heavy (non-hydrogen) atoms. The van der Waals surface area contributed by atoms with Crippen LogP contribution in [0.3, 0.4) is 0 Å². The molecule has 0 saturated heterocycles. The fourth-order valence-electron chi connectivity index (χ4n) is 3.25. The SMILES string of the molecule is O=C(Nc1ccc(Oc2ncccn2)cc1)c1cnn(-c2ccc(F)cc2)c1-n1cccc1. The highest BCUT2D eigenvalue weighted by Crippen LogP contribution is 2.23. The summed E-state index contributed by atoms with van der Waals surface area (Å²) in [5.74, 6) is 0.381. The number of halogens is 1. The number of hydrogen-bond acceptors (Lipinski definition) is 5. The van der Waals surface area contributed by atoms with Crippen LogP contribution < -0.4 is 10.1 Å². The van der Waals surface area contributed by atoms with Gasteiger partial charge < -0.3 is 14.6 Å². The average molecular weight is 440 g/mol. The van der Waals surface area contributed by atoms with Crippen LogP contribution in [-0.2, 0) is 0 Å². The first-order chi connectivity index (χ1) is 16.2. The van der Waals surface area contributed by atoms with E-state index in [4.69, 9.17) is 4.74 Å². The van der Waals surface area contributed by atoms with Crippen molar-refractivity contribution in [3.05, 3.63) is 109 Å². The van der Waals surface area contributed by atoms with Crippen molar-refractivity contribution in [2.45, 2.75) is 0 Å². The highest BCUT2D eigenvalue weighted by atomic mass is 19.1. The van der Waals surface area contributed by atoms with E-state index in [1.54, 1.807) is 64.1 Å². The lowest BCUT2D eigenvalue weighted by Gasteiger charge is -2.11. The zero-order valence-electron chi connectivity index (χ0n) is 17.2. The first-order valence-corrected chi connectivity index (χ1v) is 10.0. The highest BCUT2D eigenvalue weighted by molar-refractivity contribution is 6.06. The van der Waals surface area contributed by atoms with E-state index in [9.17, 15) is 9.18 Å². The van der Waals surface area contributed by atoms with Gasteiger partial charge >= 0.3 is 6.01 Å². The molecule has 0 atom stereocenters. The molecule has 0 aliphatic rings. The van der Waals surface area contributed by atoms with Gasteiger partial charge in [-0.15, -0.1) is 0 Å². The van der Waals surface area contributed by atoms with Gasteiger partial charge in [-0.05, 0) is 66.7 Å². The van der Waals surface area contributed by atoms with Crippen molar-refractivity contribution in [3.63, 3.8) is 0 Å². The molecule has 0 saturated carbocycles. The Morgan fingerprint density at radius 1 is 0.909 bits per heavy atom. The second kappa shape index (κ2) is 8.75. The zero-order chi connectivity index (χ0) is 22.6. The number of carbonyl (C=O) groups excluding carboxylic acids is 1. The molecule has 0 bridgehead atoms. The van der Waals surface area contributed by atoms with Gasteiger partial charge in [0.2, 0.25) is 0 Å². The van der Waals surface area contributed by atoms with E-state index in [0.717, 1.165) is 0 Å². The lowest BCUT2D eigenvalue weighted by Crippen LogP contribution is -2.15. The number of benzene rings is 2. The first-order valence-electron chi connectivity index (χ1n) is 10.0. The molecule has 2 aromatic carbocycles. The molecule has 1 N–H and O–H groups in total. The third kappa shape index (κ3) is 4.33. The van der Waals surface area contributed by atoms with Crippen LogP contribution in [0.4, 0.5) is 10.1 Å². The molecule has 0 spiro atoms. The van der Waals surface area contributed by atoms with Gasteiger partial charge in [-0.1, -0.05) is 0 Å². The summed E-state index contributed by atoms with van der Waals surface area (Å²) in [6, 6.07) is 18.4. The summed E-state index contributed by atoms with van der Waals surface area (Å²) in [4.78, 5) is 21.1. The molecule has 9 heteroatoms. The summed E-state index contributed by atoms with van der Waals surface area (Å²) in [6.07, 6.45) is 8.28. The van der Waals surface area contributed by atoms with E-state index < -0.39 is 0 Å². The quantitative estimate of drug-likeness (QED) is 0.416. The van der Waals surface area contributed by atoms with Gasteiger partial charge in [-0.2, -0.15) is 5.10 Å². The van der Waals surface area contributed by atoms with E-state index in [0.29, 0.717) is 28.5 Å². The molecule has 0 aliphatic carbocycles. The molecule has 0 aliphatic heterocycles. The van der Waals surface area contributed by atoms with Gasteiger partial charge in [0.05, 0.1) is 11.9 Å². The molecule has 1 amide bonds. The van der Waals surface area contributed by atoms with E-state index in [-0.39, 0.29) is 17.7 Å². The molecular formula is C24H17FN6O2. The average Bonchev–Trinajstić information content (AvgIpc) is 3.51. The zero-order valence-corrected chi connectivity index (χ0v) is 17.2. The van der Waals surface area contributed by atoms with Crippen molar-refractivity contribution in [3.8, 4) is 23.3 Å². The number of amides is 1. The predicted molar refractivity (Wildman–Crippen MR) is 119 cm³/mol. The Kier molecular flexibility index (Phi) is 5.34. The minimum absolute atomic E-state index is 0.235. The summed E-state index contributed by atoms with van der Waals surface area (Å²) in [5, 5.41) is 7.25. The molecule has 0 radical (unpaired) electrons. The molecule has 0 fully saturated rings. The van der Waals surface area contributed by atoms with E-state index in [1.807, 2.05) is 24.5 Å². The van der Waals surface area contributed by atoms with Crippen LogP contribution in [0, 0.1) is 5.82 Å². The van der Waals surface area contributed by atoms with Crippen molar-refractivity contribution in [2.24, 2.45) is 0 Å². The minimum atomic E-state index is -0.349. The van der Waals surface area contributed by atoms with E-state index in [2.05, 4.69) is 20.4 Å². The molecular weight excluding hydrogens is 423 g/mol. The Morgan fingerprint density at radius 3 is 2.30 bits per heavy atom. The van der Waals surface area contributed by atoms with Crippen LogP contribution in [0.2, 0.25) is 0 Å². The third-order valence-corrected chi connectivity index (χ3v) is 4.77. The molecule has 5 rings (SSSR count). The molecule has 8 nitrogen and oxygen atoms in total. The van der Waals surface area contributed by atoms with Gasteiger partial charge in [0, 0.05) is 30.5 Å². The van der Waals surface area contributed by atoms with Crippen molar-refractivity contribution < 1.29 is 13.9 Å². The van der Waals surface area contributed by atoms with Crippen molar-refractivity contribution >= 4 is 11.6 Å². The molecule has 162 valence electrons. The summed E-state index contributed by atoms with van der Waals surface area (Å²) >= 11 is 0. The maximum absolute atomic E-state index is 13.4. The topological polar surface area (TPSA) is 86.9 Å². The number of nitrogens with zero attached hydrogens (tertiary/aromatic N) is 5. The fourth-order valence-corrected chi connectivity index (χ4v) is 3.25.